The predicted molar refractivity (Wildman–Crippen MR) is 82.0 cm³/mol. The Hall–Kier alpha value is -1.13. The van der Waals surface area contributed by atoms with Crippen molar-refractivity contribution in [1.29, 1.82) is 0 Å². The van der Waals surface area contributed by atoms with Gasteiger partial charge < -0.3 is 5.32 Å². The summed E-state index contributed by atoms with van der Waals surface area (Å²) in [7, 11) is 0. The topological polar surface area (TPSA) is 29.9 Å². The van der Waals surface area contributed by atoms with E-state index in [4.69, 9.17) is 0 Å². The van der Waals surface area contributed by atoms with Crippen LogP contribution in [0.2, 0.25) is 0 Å². The average molecular weight is 322 g/mol. The molecular formula is C15H20BrN3. The quantitative estimate of drug-likeness (QED) is 0.899. The summed E-state index contributed by atoms with van der Waals surface area (Å²) >= 11 is 3.51. The van der Waals surface area contributed by atoms with Gasteiger partial charge in [0, 0.05) is 34.9 Å². The molecule has 0 aliphatic rings. The van der Waals surface area contributed by atoms with Gasteiger partial charge in [0.15, 0.2) is 0 Å². The Labute approximate surface area is 123 Å². The van der Waals surface area contributed by atoms with E-state index in [1.54, 1.807) is 0 Å². The van der Waals surface area contributed by atoms with E-state index in [1.165, 1.54) is 11.1 Å². The lowest BCUT2D eigenvalue weighted by molar-refractivity contribution is 0.494. The van der Waals surface area contributed by atoms with Crippen LogP contribution in [0, 0.1) is 0 Å². The van der Waals surface area contributed by atoms with Gasteiger partial charge in [-0.15, -0.1) is 0 Å². The number of benzene rings is 1. The lowest BCUT2D eigenvalue weighted by Gasteiger charge is -2.19. The van der Waals surface area contributed by atoms with Gasteiger partial charge in [-0.25, -0.2) is 0 Å². The number of rotatable bonds is 5. The molecule has 1 aromatic heterocycles. The summed E-state index contributed by atoms with van der Waals surface area (Å²) in [4.78, 5) is 0. The van der Waals surface area contributed by atoms with Gasteiger partial charge in [-0.3, -0.25) is 4.68 Å². The van der Waals surface area contributed by atoms with Gasteiger partial charge in [-0.1, -0.05) is 28.1 Å². The molecule has 2 atom stereocenters. The second-order valence-corrected chi connectivity index (χ2v) is 5.71. The van der Waals surface area contributed by atoms with Gasteiger partial charge in [0.2, 0.25) is 0 Å². The normalized spacial score (nSPS) is 14.3. The summed E-state index contributed by atoms with van der Waals surface area (Å²) in [6.07, 6.45) is 4.04. The Morgan fingerprint density at radius 2 is 2.00 bits per heavy atom. The Bertz CT molecular complexity index is 536. The summed E-state index contributed by atoms with van der Waals surface area (Å²) in [6.45, 7) is 7.36. The van der Waals surface area contributed by atoms with E-state index in [2.05, 4.69) is 71.5 Å². The minimum absolute atomic E-state index is 0.286. The van der Waals surface area contributed by atoms with E-state index in [0.29, 0.717) is 6.04 Å². The minimum Gasteiger partial charge on any atom is -0.304 e. The molecule has 0 aliphatic heterocycles. The molecule has 0 saturated carbocycles. The number of nitrogens with one attached hydrogen (secondary N) is 1. The minimum atomic E-state index is 0.286. The summed E-state index contributed by atoms with van der Waals surface area (Å²) in [5.74, 6) is 0. The second kappa shape index (κ2) is 6.35. The molecule has 4 heteroatoms. The second-order valence-electron chi connectivity index (χ2n) is 4.79. The van der Waals surface area contributed by atoms with Crippen LogP contribution in [-0.2, 0) is 6.54 Å². The van der Waals surface area contributed by atoms with Crippen LogP contribution in [0.1, 0.15) is 44.0 Å². The van der Waals surface area contributed by atoms with Crippen molar-refractivity contribution in [2.24, 2.45) is 0 Å². The third-order valence-corrected chi connectivity index (χ3v) is 3.82. The smallest absolute Gasteiger partial charge is 0.0537 e. The molecule has 2 rings (SSSR count). The maximum absolute atomic E-state index is 4.32. The lowest BCUT2D eigenvalue weighted by Crippen LogP contribution is -2.22. The molecule has 0 amide bonds. The molecule has 1 N–H and O–H groups in total. The average Bonchev–Trinajstić information content (AvgIpc) is 2.87. The van der Waals surface area contributed by atoms with E-state index in [1.807, 2.05) is 16.9 Å². The highest BCUT2D eigenvalue weighted by Gasteiger charge is 2.12. The molecule has 2 aromatic rings. The Balaban J connectivity index is 2.03. The van der Waals surface area contributed by atoms with Crippen LogP contribution in [0.15, 0.2) is 41.1 Å². The van der Waals surface area contributed by atoms with E-state index in [-0.39, 0.29) is 6.04 Å². The first kappa shape index (κ1) is 14.3. The zero-order chi connectivity index (χ0) is 13.8. The van der Waals surface area contributed by atoms with Crippen LogP contribution < -0.4 is 5.32 Å². The molecule has 0 bridgehead atoms. The number of aromatic nitrogens is 2. The van der Waals surface area contributed by atoms with E-state index >= 15 is 0 Å². The van der Waals surface area contributed by atoms with Crippen LogP contribution >= 0.6 is 15.9 Å². The van der Waals surface area contributed by atoms with Crippen molar-refractivity contribution in [3.8, 4) is 0 Å². The van der Waals surface area contributed by atoms with E-state index < -0.39 is 0 Å². The molecule has 3 nitrogen and oxygen atoms in total. The van der Waals surface area contributed by atoms with Crippen LogP contribution in [0.25, 0.3) is 0 Å². The first-order chi connectivity index (χ1) is 9.10. The first-order valence-corrected chi connectivity index (χ1v) is 7.43. The maximum Gasteiger partial charge on any atom is 0.0537 e. The van der Waals surface area contributed by atoms with Crippen LogP contribution in [0.4, 0.5) is 0 Å². The van der Waals surface area contributed by atoms with Crippen molar-refractivity contribution in [1.82, 2.24) is 15.1 Å². The maximum atomic E-state index is 4.32. The zero-order valence-corrected chi connectivity index (χ0v) is 13.2. The SMILES string of the molecule is CCn1cc(C(C)NC(C)c2cccc(Br)c2)cn1. The third kappa shape index (κ3) is 3.67. The number of nitrogens with zero attached hydrogens (tertiary/aromatic N) is 2. The van der Waals surface area contributed by atoms with Gasteiger partial charge in [-0.05, 0) is 38.5 Å². The fourth-order valence-electron chi connectivity index (χ4n) is 2.12. The molecule has 1 aromatic carbocycles. The molecule has 0 spiro atoms. The fraction of sp³-hybridized carbons (Fsp3) is 0.400. The number of aryl methyl sites for hydroxylation is 1. The van der Waals surface area contributed by atoms with Crippen LogP contribution in [-0.4, -0.2) is 9.78 Å². The molecule has 0 fully saturated rings. The predicted octanol–water partition coefficient (Wildman–Crippen LogP) is 4.08. The van der Waals surface area contributed by atoms with E-state index in [9.17, 15) is 0 Å². The molecule has 0 radical (unpaired) electrons. The van der Waals surface area contributed by atoms with Gasteiger partial charge in [0.1, 0.15) is 0 Å². The van der Waals surface area contributed by atoms with Crippen molar-refractivity contribution in [3.63, 3.8) is 0 Å². The number of hydrogen-bond donors (Lipinski definition) is 1. The largest absolute Gasteiger partial charge is 0.304 e. The molecule has 19 heavy (non-hydrogen) atoms. The Morgan fingerprint density at radius 1 is 1.26 bits per heavy atom. The van der Waals surface area contributed by atoms with Crippen molar-refractivity contribution >= 4 is 15.9 Å². The Kier molecular flexibility index (Phi) is 4.77. The Morgan fingerprint density at radius 3 is 2.63 bits per heavy atom. The highest BCUT2D eigenvalue weighted by atomic mass is 79.9. The molecule has 102 valence electrons. The van der Waals surface area contributed by atoms with Crippen LogP contribution in [0.3, 0.4) is 0 Å². The highest BCUT2D eigenvalue weighted by Crippen LogP contribution is 2.21. The van der Waals surface area contributed by atoms with Crippen molar-refractivity contribution in [2.45, 2.75) is 39.4 Å². The molecule has 0 aliphatic carbocycles. The number of halogens is 1. The van der Waals surface area contributed by atoms with Gasteiger partial charge in [-0.2, -0.15) is 5.10 Å². The molecule has 0 saturated heterocycles. The van der Waals surface area contributed by atoms with Crippen molar-refractivity contribution in [2.75, 3.05) is 0 Å². The van der Waals surface area contributed by atoms with Gasteiger partial charge in [0.25, 0.3) is 0 Å². The zero-order valence-electron chi connectivity index (χ0n) is 11.6. The van der Waals surface area contributed by atoms with Crippen molar-refractivity contribution in [3.05, 3.63) is 52.3 Å². The fourth-order valence-corrected chi connectivity index (χ4v) is 2.54. The third-order valence-electron chi connectivity index (χ3n) is 3.33. The molecular weight excluding hydrogens is 302 g/mol. The lowest BCUT2D eigenvalue weighted by atomic mass is 10.1. The molecule has 1 heterocycles. The summed E-state index contributed by atoms with van der Waals surface area (Å²) in [5, 5.41) is 7.92. The summed E-state index contributed by atoms with van der Waals surface area (Å²) < 4.78 is 3.07. The van der Waals surface area contributed by atoms with Gasteiger partial charge >= 0.3 is 0 Å². The summed E-state index contributed by atoms with van der Waals surface area (Å²) in [6, 6.07) is 9.00. The molecule has 2 unspecified atom stereocenters. The highest BCUT2D eigenvalue weighted by molar-refractivity contribution is 9.10. The number of hydrogen-bond acceptors (Lipinski definition) is 2. The van der Waals surface area contributed by atoms with E-state index in [0.717, 1.165) is 11.0 Å². The monoisotopic (exact) mass is 321 g/mol. The summed E-state index contributed by atoms with van der Waals surface area (Å²) in [5.41, 5.74) is 2.51. The van der Waals surface area contributed by atoms with Crippen molar-refractivity contribution < 1.29 is 0 Å². The standard InChI is InChI=1S/C15H20BrN3/c1-4-19-10-14(9-17-19)12(3)18-11(2)13-6-5-7-15(16)8-13/h5-12,18H,4H2,1-3H3. The first-order valence-electron chi connectivity index (χ1n) is 6.64. The van der Waals surface area contributed by atoms with Crippen LogP contribution in [0.5, 0.6) is 0 Å². The van der Waals surface area contributed by atoms with Gasteiger partial charge in [0.05, 0.1) is 6.20 Å².